The Morgan fingerprint density at radius 1 is 1.39 bits per heavy atom. The Hall–Kier alpha value is -1.26. The summed E-state index contributed by atoms with van der Waals surface area (Å²) >= 11 is 3.54. The van der Waals surface area contributed by atoms with Crippen LogP contribution in [0.3, 0.4) is 0 Å². The number of hydrogen-bond acceptors (Lipinski definition) is 3. The predicted molar refractivity (Wildman–Crippen MR) is 75.6 cm³/mol. The fraction of sp³-hybridized carbons (Fsp3) is 0.286. The minimum Gasteiger partial charge on any atom is -0.472 e. The molecule has 0 aliphatic rings. The van der Waals surface area contributed by atoms with E-state index in [1.165, 1.54) is 0 Å². The van der Waals surface area contributed by atoms with E-state index in [4.69, 9.17) is 4.42 Å². The predicted octanol–water partition coefficient (Wildman–Crippen LogP) is 3.73. The molecule has 0 radical (unpaired) electrons. The van der Waals surface area contributed by atoms with Gasteiger partial charge < -0.3 is 14.4 Å². The van der Waals surface area contributed by atoms with Crippen LogP contribution in [0.4, 0.5) is 5.69 Å². The van der Waals surface area contributed by atoms with E-state index in [1.54, 1.807) is 19.5 Å². The number of aliphatic hydroxyl groups excluding tert-OH is 1. The first-order chi connectivity index (χ1) is 8.58. The summed E-state index contributed by atoms with van der Waals surface area (Å²) in [6.45, 7) is 2.54. The maximum Gasteiger partial charge on any atom is 0.0952 e. The Morgan fingerprint density at radius 3 is 2.72 bits per heavy atom. The van der Waals surface area contributed by atoms with Crippen molar-refractivity contribution in [1.29, 1.82) is 0 Å². The first-order valence-corrected chi connectivity index (χ1v) is 6.57. The van der Waals surface area contributed by atoms with Gasteiger partial charge in [0.05, 0.1) is 24.3 Å². The molecule has 1 unspecified atom stereocenters. The molecule has 18 heavy (non-hydrogen) atoms. The van der Waals surface area contributed by atoms with Crippen molar-refractivity contribution in [2.75, 3.05) is 11.9 Å². The van der Waals surface area contributed by atoms with Crippen molar-refractivity contribution in [3.05, 3.63) is 52.4 Å². The highest BCUT2D eigenvalue weighted by Crippen LogP contribution is 2.29. The average Bonchev–Trinajstić information content (AvgIpc) is 2.81. The molecule has 3 nitrogen and oxygen atoms in total. The first kappa shape index (κ1) is 13.2. The molecule has 0 aliphatic carbocycles. The summed E-state index contributed by atoms with van der Waals surface area (Å²) in [5.41, 5.74) is 3.12. The Labute approximate surface area is 115 Å². The molecule has 0 spiro atoms. The zero-order valence-corrected chi connectivity index (χ0v) is 12.0. The summed E-state index contributed by atoms with van der Waals surface area (Å²) in [5, 5.41) is 9.54. The van der Waals surface area contributed by atoms with Crippen LogP contribution in [0.25, 0.3) is 0 Å². The van der Waals surface area contributed by atoms with Crippen molar-refractivity contribution in [3.63, 3.8) is 0 Å². The Morgan fingerprint density at radius 2 is 2.17 bits per heavy atom. The zero-order chi connectivity index (χ0) is 13.1. The third-order valence-electron chi connectivity index (χ3n) is 2.87. The molecule has 1 aromatic heterocycles. The van der Waals surface area contributed by atoms with Gasteiger partial charge in [-0.25, -0.2) is 0 Å². The van der Waals surface area contributed by atoms with E-state index in [2.05, 4.69) is 20.8 Å². The molecule has 0 saturated carbocycles. The van der Waals surface area contributed by atoms with E-state index in [0.29, 0.717) is 0 Å². The van der Waals surface area contributed by atoms with Gasteiger partial charge in [-0.3, -0.25) is 0 Å². The summed E-state index contributed by atoms with van der Waals surface area (Å²) in [5.74, 6) is 0. The van der Waals surface area contributed by atoms with Gasteiger partial charge in [0, 0.05) is 23.6 Å². The summed E-state index contributed by atoms with van der Waals surface area (Å²) in [4.78, 5) is 2.13. The van der Waals surface area contributed by atoms with E-state index in [-0.39, 0.29) is 0 Å². The van der Waals surface area contributed by atoms with Gasteiger partial charge in [0.2, 0.25) is 0 Å². The topological polar surface area (TPSA) is 36.6 Å². The Kier molecular flexibility index (Phi) is 4.09. The van der Waals surface area contributed by atoms with E-state index in [9.17, 15) is 5.11 Å². The van der Waals surface area contributed by atoms with Gasteiger partial charge in [-0.05, 0) is 46.6 Å². The Balaban J connectivity index is 2.17. The zero-order valence-electron chi connectivity index (χ0n) is 10.4. The maximum atomic E-state index is 9.54. The van der Waals surface area contributed by atoms with E-state index < -0.39 is 6.10 Å². The Bertz CT molecular complexity index is 509. The average molecular weight is 310 g/mol. The molecule has 96 valence electrons. The van der Waals surface area contributed by atoms with Gasteiger partial charge in [-0.15, -0.1) is 0 Å². The summed E-state index contributed by atoms with van der Waals surface area (Å²) in [6, 6.07) is 7.85. The number of halogens is 1. The number of hydrogen-bond donors (Lipinski definition) is 1. The van der Waals surface area contributed by atoms with Crippen molar-refractivity contribution in [1.82, 2.24) is 0 Å². The number of benzene rings is 1. The summed E-state index contributed by atoms with van der Waals surface area (Å²) < 4.78 is 6.04. The molecule has 2 rings (SSSR count). The number of aliphatic hydroxyl groups is 1. The van der Waals surface area contributed by atoms with Gasteiger partial charge in [0.15, 0.2) is 0 Å². The van der Waals surface area contributed by atoms with Gasteiger partial charge in [-0.1, -0.05) is 6.07 Å². The molecule has 0 saturated heterocycles. The molecule has 0 aliphatic heterocycles. The number of furan rings is 1. The molecule has 1 N–H and O–H groups in total. The van der Waals surface area contributed by atoms with E-state index >= 15 is 0 Å². The highest BCUT2D eigenvalue weighted by Gasteiger charge is 2.09. The second-order valence-electron chi connectivity index (χ2n) is 4.37. The normalized spacial score (nSPS) is 12.4. The molecule has 2 aromatic rings. The largest absolute Gasteiger partial charge is 0.472 e. The van der Waals surface area contributed by atoms with Crippen LogP contribution < -0.4 is 4.90 Å². The first-order valence-electron chi connectivity index (χ1n) is 5.77. The van der Waals surface area contributed by atoms with Crippen molar-refractivity contribution in [2.24, 2.45) is 0 Å². The molecular weight excluding hydrogens is 294 g/mol. The smallest absolute Gasteiger partial charge is 0.0952 e. The third-order valence-corrected chi connectivity index (χ3v) is 3.50. The lowest BCUT2D eigenvalue weighted by molar-refractivity contribution is 0.199. The van der Waals surface area contributed by atoms with Crippen molar-refractivity contribution >= 4 is 21.6 Å². The molecule has 1 atom stereocenters. The van der Waals surface area contributed by atoms with Crippen molar-refractivity contribution < 1.29 is 9.52 Å². The second-order valence-corrected chi connectivity index (χ2v) is 5.23. The third kappa shape index (κ3) is 2.94. The lowest BCUT2D eigenvalue weighted by Crippen LogP contribution is -2.16. The lowest BCUT2D eigenvalue weighted by Gasteiger charge is -2.21. The summed E-state index contributed by atoms with van der Waals surface area (Å²) in [6.07, 6.45) is 2.97. The number of rotatable bonds is 4. The van der Waals surface area contributed by atoms with Crippen LogP contribution >= 0.6 is 15.9 Å². The molecule has 4 heteroatoms. The maximum absolute atomic E-state index is 9.54. The molecule has 0 amide bonds. The molecular formula is C14H16BrNO2. The van der Waals surface area contributed by atoms with Crippen LogP contribution in [-0.2, 0) is 6.54 Å². The van der Waals surface area contributed by atoms with Crippen molar-refractivity contribution in [2.45, 2.75) is 19.6 Å². The van der Waals surface area contributed by atoms with E-state index in [0.717, 1.165) is 27.8 Å². The fourth-order valence-electron chi connectivity index (χ4n) is 1.83. The highest BCUT2D eigenvalue weighted by atomic mass is 79.9. The van der Waals surface area contributed by atoms with Gasteiger partial charge in [0.1, 0.15) is 0 Å². The lowest BCUT2D eigenvalue weighted by atomic mass is 10.1. The van der Waals surface area contributed by atoms with Crippen LogP contribution in [0.15, 0.2) is 45.7 Å². The van der Waals surface area contributed by atoms with Crippen LogP contribution in [0.1, 0.15) is 24.2 Å². The van der Waals surface area contributed by atoms with Crippen LogP contribution in [0, 0.1) is 0 Å². The second kappa shape index (κ2) is 5.59. The summed E-state index contributed by atoms with van der Waals surface area (Å²) in [7, 11) is 2.02. The van der Waals surface area contributed by atoms with Gasteiger partial charge in [-0.2, -0.15) is 0 Å². The van der Waals surface area contributed by atoms with Crippen LogP contribution in [0.2, 0.25) is 0 Å². The molecule has 1 heterocycles. The highest BCUT2D eigenvalue weighted by molar-refractivity contribution is 9.10. The minimum absolute atomic E-state index is 0.450. The van der Waals surface area contributed by atoms with Crippen molar-refractivity contribution in [3.8, 4) is 0 Å². The molecule has 1 aromatic carbocycles. The van der Waals surface area contributed by atoms with Gasteiger partial charge in [0.25, 0.3) is 0 Å². The number of anilines is 1. The van der Waals surface area contributed by atoms with Crippen LogP contribution in [0.5, 0.6) is 0 Å². The minimum atomic E-state index is -0.450. The fourth-order valence-corrected chi connectivity index (χ4v) is 2.53. The SMILES string of the molecule is CC(O)c1ccc(N(C)Cc2ccoc2)c(Br)c1. The number of nitrogens with zero attached hydrogens (tertiary/aromatic N) is 1. The quantitative estimate of drug-likeness (QED) is 0.935. The van der Waals surface area contributed by atoms with Gasteiger partial charge >= 0.3 is 0 Å². The van der Waals surface area contributed by atoms with E-state index in [1.807, 2.05) is 31.3 Å². The molecule has 0 fully saturated rings. The molecule has 0 bridgehead atoms. The monoisotopic (exact) mass is 309 g/mol. The standard InChI is InChI=1S/C14H16BrNO2/c1-10(17)12-3-4-14(13(15)7-12)16(2)8-11-5-6-18-9-11/h3-7,9-10,17H,8H2,1-2H3. The van der Waals surface area contributed by atoms with Crippen LogP contribution in [-0.4, -0.2) is 12.2 Å².